The molecular formula is C16H26N4O. The monoisotopic (exact) mass is 290 g/mol. The second-order valence-electron chi connectivity index (χ2n) is 8.44. The number of piperidine rings is 1. The van der Waals surface area contributed by atoms with Gasteiger partial charge in [0.2, 0.25) is 5.91 Å². The summed E-state index contributed by atoms with van der Waals surface area (Å²) >= 11 is 0. The lowest BCUT2D eigenvalue weighted by Crippen LogP contribution is -2.63. The topological polar surface area (TPSA) is 47.9 Å². The van der Waals surface area contributed by atoms with Gasteiger partial charge in [0, 0.05) is 25.3 Å². The molecule has 5 heteroatoms. The molecule has 5 nitrogen and oxygen atoms in total. The molecule has 1 amide bonds. The molecule has 1 N–H and O–H groups in total. The SMILES string of the molecule is C[C@H]1CC(C)(C)N2N=CC(C(=O)N3CC4CC4(C)C3)C2N1. The number of rotatable bonds is 1. The van der Waals surface area contributed by atoms with Crippen LogP contribution in [0, 0.1) is 17.3 Å². The maximum absolute atomic E-state index is 12.9. The van der Waals surface area contributed by atoms with Gasteiger partial charge in [-0.25, -0.2) is 0 Å². The van der Waals surface area contributed by atoms with E-state index >= 15 is 0 Å². The van der Waals surface area contributed by atoms with Crippen LogP contribution in [0.5, 0.6) is 0 Å². The fourth-order valence-corrected chi connectivity index (χ4v) is 4.68. The molecule has 4 aliphatic rings. The zero-order chi connectivity index (χ0) is 15.0. The van der Waals surface area contributed by atoms with Gasteiger partial charge in [-0.1, -0.05) is 6.92 Å². The zero-order valence-corrected chi connectivity index (χ0v) is 13.5. The van der Waals surface area contributed by atoms with E-state index in [4.69, 9.17) is 0 Å². The van der Waals surface area contributed by atoms with Crippen molar-refractivity contribution in [1.82, 2.24) is 15.2 Å². The van der Waals surface area contributed by atoms with Crippen molar-refractivity contribution in [2.45, 2.75) is 58.3 Å². The van der Waals surface area contributed by atoms with E-state index in [0.29, 0.717) is 11.5 Å². The largest absolute Gasteiger partial charge is 0.341 e. The predicted molar refractivity (Wildman–Crippen MR) is 81.7 cm³/mol. The molecule has 4 unspecified atom stereocenters. The fourth-order valence-electron chi connectivity index (χ4n) is 4.68. The van der Waals surface area contributed by atoms with Crippen LogP contribution in [0.15, 0.2) is 5.10 Å². The fraction of sp³-hybridized carbons (Fsp3) is 0.875. The van der Waals surface area contributed by atoms with Gasteiger partial charge in [-0.3, -0.25) is 15.1 Å². The molecular weight excluding hydrogens is 264 g/mol. The molecule has 0 aromatic rings. The zero-order valence-electron chi connectivity index (χ0n) is 13.5. The number of nitrogens with zero attached hydrogens (tertiary/aromatic N) is 3. The minimum atomic E-state index is -0.131. The summed E-state index contributed by atoms with van der Waals surface area (Å²) in [5.74, 6) is 0.871. The van der Waals surface area contributed by atoms with Gasteiger partial charge in [-0.05, 0) is 44.9 Å². The Morgan fingerprint density at radius 3 is 2.76 bits per heavy atom. The standard InChI is InChI=1S/C16H26N4O/c1-10-5-15(2,3)20-13(18-10)12(7-17-20)14(21)19-8-11-6-16(11,4)9-19/h7,10-13,18H,5-6,8-9H2,1-4H3/t10-,11?,12?,13?,16?/m0/s1. The first kappa shape index (κ1) is 13.6. The highest BCUT2D eigenvalue weighted by Crippen LogP contribution is 2.57. The summed E-state index contributed by atoms with van der Waals surface area (Å²) in [7, 11) is 0. The van der Waals surface area contributed by atoms with Gasteiger partial charge in [-0.15, -0.1) is 0 Å². The first-order chi connectivity index (χ1) is 9.80. The van der Waals surface area contributed by atoms with Crippen molar-refractivity contribution >= 4 is 12.1 Å². The summed E-state index contributed by atoms with van der Waals surface area (Å²) in [6.07, 6.45) is 4.24. The summed E-state index contributed by atoms with van der Waals surface area (Å²) in [5.41, 5.74) is 0.428. The van der Waals surface area contributed by atoms with Crippen LogP contribution in [0.4, 0.5) is 0 Å². The van der Waals surface area contributed by atoms with E-state index < -0.39 is 0 Å². The van der Waals surface area contributed by atoms with Crippen molar-refractivity contribution in [1.29, 1.82) is 0 Å². The maximum Gasteiger partial charge on any atom is 0.234 e. The van der Waals surface area contributed by atoms with Crippen LogP contribution in [0.3, 0.4) is 0 Å². The minimum absolute atomic E-state index is 0.0139. The van der Waals surface area contributed by atoms with Crippen LogP contribution in [0.25, 0.3) is 0 Å². The molecule has 3 aliphatic heterocycles. The van der Waals surface area contributed by atoms with Crippen LogP contribution >= 0.6 is 0 Å². The number of carbonyl (C=O) groups is 1. The Labute approximate surface area is 126 Å². The van der Waals surface area contributed by atoms with Gasteiger partial charge in [0.05, 0.1) is 5.54 Å². The Morgan fingerprint density at radius 1 is 1.33 bits per heavy atom. The van der Waals surface area contributed by atoms with Crippen LogP contribution in [-0.4, -0.2) is 52.9 Å². The van der Waals surface area contributed by atoms with E-state index in [1.54, 1.807) is 0 Å². The number of hydrogen-bond donors (Lipinski definition) is 1. The van der Waals surface area contributed by atoms with Crippen molar-refractivity contribution in [3.8, 4) is 0 Å². The lowest BCUT2D eigenvalue weighted by Gasteiger charge is -2.47. The van der Waals surface area contributed by atoms with E-state index in [2.05, 4.69) is 48.0 Å². The summed E-state index contributed by atoms with van der Waals surface area (Å²) < 4.78 is 0. The minimum Gasteiger partial charge on any atom is -0.341 e. The number of fused-ring (bicyclic) bond motifs is 2. The molecule has 2 saturated heterocycles. The number of hydrazone groups is 1. The van der Waals surface area contributed by atoms with E-state index in [-0.39, 0.29) is 23.5 Å². The lowest BCUT2D eigenvalue weighted by atomic mass is 9.89. The molecule has 0 radical (unpaired) electrons. The average Bonchev–Trinajstić information content (AvgIpc) is 2.74. The van der Waals surface area contributed by atoms with Crippen LogP contribution < -0.4 is 5.32 Å². The van der Waals surface area contributed by atoms with Gasteiger partial charge in [0.25, 0.3) is 0 Å². The molecule has 0 aromatic carbocycles. The first-order valence-electron chi connectivity index (χ1n) is 8.18. The van der Waals surface area contributed by atoms with Gasteiger partial charge < -0.3 is 4.90 Å². The summed E-state index contributed by atoms with van der Waals surface area (Å²) in [6.45, 7) is 10.8. The third kappa shape index (κ3) is 1.93. The molecule has 3 fully saturated rings. The highest BCUT2D eigenvalue weighted by Gasteiger charge is 2.58. The molecule has 0 spiro atoms. The van der Waals surface area contributed by atoms with E-state index in [1.807, 2.05) is 6.21 Å². The van der Waals surface area contributed by atoms with E-state index in [0.717, 1.165) is 25.4 Å². The number of carbonyl (C=O) groups excluding carboxylic acids is 1. The molecule has 4 rings (SSSR count). The molecule has 21 heavy (non-hydrogen) atoms. The Bertz CT molecular complexity index is 516. The summed E-state index contributed by atoms with van der Waals surface area (Å²) in [6, 6.07) is 0.419. The molecule has 1 saturated carbocycles. The van der Waals surface area contributed by atoms with Gasteiger partial charge in [-0.2, -0.15) is 5.10 Å². The quantitative estimate of drug-likeness (QED) is 0.791. The summed E-state index contributed by atoms with van der Waals surface area (Å²) in [4.78, 5) is 15.0. The Balaban J connectivity index is 1.51. The lowest BCUT2D eigenvalue weighted by molar-refractivity contribution is -0.136. The third-order valence-corrected chi connectivity index (χ3v) is 5.96. The van der Waals surface area contributed by atoms with Gasteiger partial charge in [0.15, 0.2) is 0 Å². The van der Waals surface area contributed by atoms with E-state index in [1.165, 1.54) is 6.42 Å². The van der Waals surface area contributed by atoms with Gasteiger partial charge >= 0.3 is 0 Å². The van der Waals surface area contributed by atoms with Crippen molar-refractivity contribution in [3.63, 3.8) is 0 Å². The van der Waals surface area contributed by atoms with Crippen molar-refractivity contribution in [2.75, 3.05) is 13.1 Å². The van der Waals surface area contributed by atoms with Crippen LogP contribution in [-0.2, 0) is 4.79 Å². The molecule has 5 atom stereocenters. The van der Waals surface area contributed by atoms with Crippen LogP contribution in [0.2, 0.25) is 0 Å². The molecule has 116 valence electrons. The molecule has 0 aromatic heterocycles. The molecule has 0 bridgehead atoms. The summed E-state index contributed by atoms with van der Waals surface area (Å²) in [5, 5.41) is 10.2. The van der Waals surface area contributed by atoms with Crippen LogP contribution in [0.1, 0.15) is 40.5 Å². The van der Waals surface area contributed by atoms with E-state index in [9.17, 15) is 4.79 Å². The van der Waals surface area contributed by atoms with Crippen molar-refractivity contribution in [2.24, 2.45) is 22.4 Å². The smallest absolute Gasteiger partial charge is 0.234 e. The Hall–Kier alpha value is -1.10. The first-order valence-corrected chi connectivity index (χ1v) is 8.18. The van der Waals surface area contributed by atoms with Gasteiger partial charge in [0.1, 0.15) is 12.1 Å². The second-order valence-corrected chi connectivity index (χ2v) is 8.44. The maximum atomic E-state index is 12.9. The highest BCUT2D eigenvalue weighted by atomic mass is 16.2. The number of amides is 1. The molecule has 3 heterocycles. The predicted octanol–water partition coefficient (Wildman–Crippen LogP) is 1.26. The van der Waals surface area contributed by atoms with Crippen molar-refractivity contribution < 1.29 is 4.79 Å². The number of nitrogens with one attached hydrogen (secondary N) is 1. The number of likely N-dealkylation sites (tertiary alicyclic amines) is 1. The third-order valence-electron chi connectivity index (χ3n) is 5.96. The Morgan fingerprint density at radius 2 is 2.10 bits per heavy atom. The normalized spacial score (nSPS) is 46.5. The Kier molecular flexibility index (Phi) is 2.58. The second kappa shape index (κ2) is 4.00. The average molecular weight is 290 g/mol. The molecule has 1 aliphatic carbocycles. The van der Waals surface area contributed by atoms with Crippen molar-refractivity contribution in [3.05, 3.63) is 0 Å². The number of hydrogen-bond acceptors (Lipinski definition) is 4. The highest BCUT2D eigenvalue weighted by molar-refractivity contribution is 5.95.